The first-order valence-corrected chi connectivity index (χ1v) is 4.47. The lowest BCUT2D eigenvalue weighted by molar-refractivity contribution is 0.0590. The number of thiazole rings is 1. The van der Waals surface area contributed by atoms with E-state index in [0.29, 0.717) is 13.1 Å². The number of hydrogen-bond acceptors (Lipinski definition) is 3. The van der Waals surface area contributed by atoms with Crippen molar-refractivity contribution in [1.29, 1.82) is 0 Å². The Morgan fingerprint density at radius 1 is 1.73 bits per heavy atom. The molecule has 1 saturated heterocycles. The first-order valence-electron chi connectivity index (χ1n) is 3.59. The standard InChI is InChI=1S/C7H9FN2S/c8-6-3-10(4-6)5-7-9-1-2-11-7/h1-2,6H,3-5H2. The molecule has 0 amide bonds. The zero-order valence-corrected chi connectivity index (χ0v) is 6.85. The number of alkyl halides is 1. The van der Waals surface area contributed by atoms with Crippen molar-refractivity contribution >= 4 is 11.3 Å². The second-order valence-corrected chi connectivity index (χ2v) is 3.70. The Balaban J connectivity index is 1.84. The van der Waals surface area contributed by atoms with Gasteiger partial charge >= 0.3 is 0 Å². The van der Waals surface area contributed by atoms with Crippen LogP contribution in [0.1, 0.15) is 5.01 Å². The highest BCUT2D eigenvalue weighted by atomic mass is 32.1. The summed E-state index contributed by atoms with van der Waals surface area (Å²) in [5, 5.41) is 3.03. The van der Waals surface area contributed by atoms with Crippen molar-refractivity contribution in [2.45, 2.75) is 12.7 Å². The zero-order valence-electron chi connectivity index (χ0n) is 6.03. The van der Waals surface area contributed by atoms with E-state index in [-0.39, 0.29) is 0 Å². The van der Waals surface area contributed by atoms with Gasteiger partial charge in [-0.2, -0.15) is 0 Å². The molecule has 2 nitrogen and oxygen atoms in total. The summed E-state index contributed by atoms with van der Waals surface area (Å²) in [6.07, 6.45) is 1.18. The molecule has 4 heteroatoms. The summed E-state index contributed by atoms with van der Waals surface area (Å²) in [6.45, 7) is 1.98. The molecular weight excluding hydrogens is 163 g/mol. The van der Waals surface area contributed by atoms with Gasteiger partial charge in [0.15, 0.2) is 0 Å². The Morgan fingerprint density at radius 2 is 2.55 bits per heavy atom. The average molecular weight is 172 g/mol. The Morgan fingerprint density at radius 3 is 3.09 bits per heavy atom. The highest BCUT2D eigenvalue weighted by Gasteiger charge is 2.26. The Labute approximate surface area is 68.7 Å². The van der Waals surface area contributed by atoms with Crippen molar-refractivity contribution < 1.29 is 4.39 Å². The molecule has 0 radical (unpaired) electrons. The maximum atomic E-state index is 12.3. The summed E-state index contributed by atoms with van der Waals surface area (Å²) in [5.74, 6) is 0. The molecule has 0 unspecified atom stereocenters. The number of nitrogens with zero attached hydrogens (tertiary/aromatic N) is 2. The predicted octanol–water partition coefficient (Wildman–Crippen LogP) is 1.30. The number of likely N-dealkylation sites (tertiary alicyclic amines) is 1. The fraction of sp³-hybridized carbons (Fsp3) is 0.571. The van der Waals surface area contributed by atoms with Gasteiger partial charge in [-0.15, -0.1) is 11.3 Å². The molecule has 0 bridgehead atoms. The minimum atomic E-state index is -0.602. The number of halogens is 1. The van der Waals surface area contributed by atoms with Crippen molar-refractivity contribution in [3.05, 3.63) is 16.6 Å². The van der Waals surface area contributed by atoms with Gasteiger partial charge in [0.05, 0.1) is 6.54 Å². The van der Waals surface area contributed by atoms with Crippen LogP contribution in [0.4, 0.5) is 4.39 Å². The highest BCUT2D eigenvalue weighted by Crippen LogP contribution is 2.16. The van der Waals surface area contributed by atoms with E-state index in [1.165, 1.54) is 0 Å². The van der Waals surface area contributed by atoms with Crippen LogP contribution in [0.25, 0.3) is 0 Å². The van der Waals surface area contributed by atoms with E-state index in [1.807, 2.05) is 5.38 Å². The van der Waals surface area contributed by atoms with Gasteiger partial charge in [-0.25, -0.2) is 9.37 Å². The van der Waals surface area contributed by atoms with Crippen molar-refractivity contribution in [3.8, 4) is 0 Å². The molecule has 0 aliphatic carbocycles. The zero-order chi connectivity index (χ0) is 7.68. The molecule has 1 aliphatic rings. The van der Waals surface area contributed by atoms with Crippen LogP contribution in [0.2, 0.25) is 0 Å². The second-order valence-electron chi connectivity index (χ2n) is 2.72. The van der Waals surface area contributed by atoms with Crippen LogP contribution in [-0.2, 0) is 6.54 Å². The molecule has 2 rings (SSSR count). The molecule has 1 fully saturated rings. The Kier molecular flexibility index (Phi) is 1.87. The van der Waals surface area contributed by atoms with Crippen LogP contribution in [0, 0.1) is 0 Å². The molecule has 0 aromatic carbocycles. The minimum Gasteiger partial charge on any atom is -0.291 e. The van der Waals surface area contributed by atoms with E-state index in [4.69, 9.17) is 0 Å². The molecule has 0 N–H and O–H groups in total. The van der Waals surface area contributed by atoms with Gasteiger partial charge in [0.25, 0.3) is 0 Å². The van der Waals surface area contributed by atoms with Crippen LogP contribution >= 0.6 is 11.3 Å². The largest absolute Gasteiger partial charge is 0.291 e. The maximum absolute atomic E-state index is 12.3. The van der Waals surface area contributed by atoms with Crippen molar-refractivity contribution in [2.75, 3.05) is 13.1 Å². The summed E-state index contributed by atoms with van der Waals surface area (Å²) in [5.41, 5.74) is 0. The lowest BCUT2D eigenvalue weighted by Gasteiger charge is -2.33. The average Bonchev–Trinajstić information content (AvgIpc) is 2.36. The summed E-state index contributed by atoms with van der Waals surface area (Å²) in [6, 6.07) is 0. The minimum absolute atomic E-state index is 0.583. The third kappa shape index (κ3) is 1.57. The Hall–Kier alpha value is -0.480. The van der Waals surface area contributed by atoms with Crippen LogP contribution < -0.4 is 0 Å². The molecule has 11 heavy (non-hydrogen) atoms. The molecule has 0 saturated carbocycles. The van der Waals surface area contributed by atoms with Gasteiger partial charge in [0.1, 0.15) is 11.2 Å². The van der Waals surface area contributed by atoms with Gasteiger partial charge in [0.2, 0.25) is 0 Å². The predicted molar refractivity (Wildman–Crippen MR) is 42.3 cm³/mol. The van der Waals surface area contributed by atoms with Gasteiger partial charge in [-0.1, -0.05) is 0 Å². The van der Waals surface area contributed by atoms with E-state index in [0.717, 1.165) is 11.6 Å². The highest BCUT2D eigenvalue weighted by molar-refractivity contribution is 7.09. The van der Waals surface area contributed by atoms with E-state index in [1.54, 1.807) is 17.5 Å². The summed E-state index contributed by atoms with van der Waals surface area (Å²) in [7, 11) is 0. The lowest BCUT2D eigenvalue weighted by atomic mass is 10.2. The monoisotopic (exact) mass is 172 g/mol. The van der Waals surface area contributed by atoms with Crippen LogP contribution in [0.3, 0.4) is 0 Å². The molecule has 0 atom stereocenters. The van der Waals surface area contributed by atoms with E-state index < -0.39 is 6.17 Å². The van der Waals surface area contributed by atoms with Gasteiger partial charge < -0.3 is 0 Å². The quantitative estimate of drug-likeness (QED) is 0.668. The Bertz CT molecular complexity index is 218. The van der Waals surface area contributed by atoms with Crippen LogP contribution in [-0.4, -0.2) is 29.1 Å². The van der Waals surface area contributed by atoms with E-state index in [2.05, 4.69) is 9.88 Å². The SMILES string of the molecule is FC1CN(Cc2nccs2)C1. The second kappa shape index (κ2) is 2.87. The summed E-state index contributed by atoms with van der Waals surface area (Å²) >= 11 is 1.63. The summed E-state index contributed by atoms with van der Waals surface area (Å²) in [4.78, 5) is 6.18. The van der Waals surface area contributed by atoms with E-state index in [9.17, 15) is 4.39 Å². The van der Waals surface area contributed by atoms with Crippen LogP contribution in [0.15, 0.2) is 11.6 Å². The molecular formula is C7H9FN2S. The van der Waals surface area contributed by atoms with Gasteiger partial charge in [-0.05, 0) is 0 Å². The third-order valence-corrected chi connectivity index (χ3v) is 2.52. The molecule has 2 heterocycles. The normalized spacial score (nSPS) is 20.1. The molecule has 1 aromatic heterocycles. The fourth-order valence-electron chi connectivity index (χ4n) is 1.16. The number of aromatic nitrogens is 1. The summed E-state index contributed by atoms with van der Waals surface area (Å²) < 4.78 is 12.3. The van der Waals surface area contributed by atoms with Crippen LogP contribution in [0.5, 0.6) is 0 Å². The number of hydrogen-bond donors (Lipinski definition) is 0. The topological polar surface area (TPSA) is 16.1 Å². The number of rotatable bonds is 2. The van der Waals surface area contributed by atoms with Crippen molar-refractivity contribution in [3.63, 3.8) is 0 Å². The van der Waals surface area contributed by atoms with Gasteiger partial charge in [0, 0.05) is 24.7 Å². The van der Waals surface area contributed by atoms with Crippen molar-refractivity contribution in [1.82, 2.24) is 9.88 Å². The van der Waals surface area contributed by atoms with Crippen molar-refractivity contribution in [2.24, 2.45) is 0 Å². The van der Waals surface area contributed by atoms with E-state index >= 15 is 0 Å². The fourth-order valence-corrected chi connectivity index (χ4v) is 1.82. The third-order valence-electron chi connectivity index (χ3n) is 1.75. The maximum Gasteiger partial charge on any atom is 0.125 e. The van der Waals surface area contributed by atoms with Gasteiger partial charge in [-0.3, -0.25) is 4.90 Å². The molecule has 1 aliphatic heterocycles. The molecule has 1 aromatic rings. The smallest absolute Gasteiger partial charge is 0.125 e. The molecule has 0 spiro atoms. The molecule has 60 valence electrons. The first-order chi connectivity index (χ1) is 5.34. The first kappa shape index (κ1) is 7.18. The lowest BCUT2D eigenvalue weighted by Crippen LogP contribution is -2.47.